The molecule has 0 bridgehead atoms. The molecule has 1 unspecified atom stereocenters. The number of amides is 5. The van der Waals surface area contributed by atoms with Crippen LogP contribution in [0.5, 0.6) is 0 Å². The van der Waals surface area contributed by atoms with Crippen molar-refractivity contribution in [2.45, 2.75) is 98.0 Å². The Morgan fingerprint density at radius 3 is 2.30 bits per heavy atom. The minimum Gasteiger partial charge on any atom is -0.466 e. The minimum absolute atomic E-state index is 0.0304. The molecule has 5 amide bonds. The van der Waals surface area contributed by atoms with Crippen molar-refractivity contribution in [2.75, 3.05) is 6.54 Å². The van der Waals surface area contributed by atoms with Gasteiger partial charge in [0, 0.05) is 6.54 Å². The Bertz CT molecular complexity index is 1190. The number of nitrogens with one attached hydrogen (secondary N) is 3. The SMILES string of the molecule is CC(C)[C@H](NC(=O)N[C@H](C(=O)N1C[C@H](C)C[C@H]1C(=O)NC(CC1CC1)C(=O)C(N)=O)C(C)(C)C)C(=O)OCc1ccco1. The number of nitrogens with two attached hydrogens (primary N) is 1. The van der Waals surface area contributed by atoms with Gasteiger partial charge in [-0.25, -0.2) is 9.59 Å². The molecule has 43 heavy (non-hydrogen) atoms. The third-order valence-corrected chi connectivity index (χ3v) is 7.77. The van der Waals surface area contributed by atoms with Gasteiger partial charge < -0.3 is 35.7 Å². The molecule has 13 heteroatoms. The van der Waals surface area contributed by atoms with Crippen LogP contribution in [0.15, 0.2) is 22.8 Å². The maximum Gasteiger partial charge on any atom is 0.329 e. The van der Waals surface area contributed by atoms with E-state index in [1.807, 2.05) is 6.92 Å². The molecule has 0 radical (unpaired) electrons. The summed E-state index contributed by atoms with van der Waals surface area (Å²) in [6.07, 6.45) is 3.93. The van der Waals surface area contributed by atoms with E-state index in [2.05, 4.69) is 16.0 Å². The van der Waals surface area contributed by atoms with Crippen molar-refractivity contribution in [1.82, 2.24) is 20.9 Å². The minimum atomic E-state index is -1.12. The second kappa shape index (κ2) is 14.0. The van der Waals surface area contributed by atoms with Crippen LogP contribution < -0.4 is 21.7 Å². The standard InChI is InChI=1S/C30H45N5O8/c1-16(2)22(28(40)43-15-19-8-7-11-42-19)33-29(41)34-24(30(4,5)6)27(39)35-14-17(3)12-21(35)26(38)32-20(13-18-9-10-18)23(36)25(31)37/h7-8,11,16-18,20-22,24H,9-10,12-15H2,1-6H3,(H2,31,37)(H,32,38)(H2,33,34,41)/t17-,20?,21+,22+,24-/m1/s1. The lowest BCUT2D eigenvalue weighted by Gasteiger charge is -2.36. The van der Waals surface area contributed by atoms with Crippen LogP contribution in [0.4, 0.5) is 4.79 Å². The summed E-state index contributed by atoms with van der Waals surface area (Å²) >= 11 is 0. The molecule has 0 aromatic carbocycles. The number of esters is 1. The van der Waals surface area contributed by atoms with Gasteiger partial charge in [0.25, 0.3) is 5.91 Å². The van der Waals surface area contributed by atoms with Gasteiger partial charge in [-0.05, 0) is 48.1 Å². The third kappa shape index (κ3) is 9.29. The highest BCUT2D eigenvalue weighted by molar-refractivity contribution is 6.37. The van der Waals surface area contributed by atoms with Gasteiger partial charge in [-0.3, -0.25) is 19.2 Å². The van der Waals surface area contributed by atoms with Crippen molar-refractivity contribution in [3.05, 3.63) is 24.2 Å². The molecular formula is C30H45N5O8. The number of rotatable bonds is 13. The van der Waals surface area contributed by atoms with Gasteiger partial charge in [0.05, 0.1) is 12.3 Å². The first-order valence-electron chi connectivity index (χ1n) is 14.8. The number of hydrogen-bond acceptors (Lipinski definition) is 8. The molecule has 1 aromatic heterocycles. The topological polar surface area (TPSA) is 190 Å². The fourth-order valence-electron chi connectivity index (χ4n) is 5.15. The first-order chi connectivity index (χ1) is 20.1. The average molecular weight is 604 g/mol. The van der Waals surface area contributed by atoms with E-state index in [4.69, 9.17) is 14.9 Å². The molecule has 3 rings (SSSR count). The molecule has 2 aliphatic rings. The molecule has 1 aliphatic heterocycles. The van der Waals surface area contributed by atoms with E-state index in [9.17, 15) is 28.8 Å². The zero-order chi connectivity index (χ0) is 32.1. The number of carbonyl (C=O) groups is 6. The molecule has 0 spiro atoms. The predicted molar refractivity (Wildman–Crippen MR) is 155 cm³/mol. The van der Waals surface area contributed by atoms with Crippen molar-refractivity contribution < 1.29 is 37.9 Å². The summed E-state index contributed by atoms with van der Waals surface area (Å²) in [7, 11) is 0. The molecule has 238 valence electrons. The summed E-state index contributed by atoms with van der Waals surface area (Å²) in [5, 5.41) is 8.00. The molecule has 1 saturated carbocycles. The maximum atomic E-state index is 14.0. The van der Waals surface area contributed by atoms with Crippen LogP contribution >= 0.6 is 0 Å². The predicted octanol–water partition coefficient (Wildman–Crippen LogP) is 1.64. The van der Waals surface area contributed by atoms with Crippen LogP contribution in [0.3, 0.4) is 0 Å². The Morgan fingerprint density at radius 2 is 1.77 bits per heavy atom. The van der Waals surface area contributed by atoms with Crippen molar-refractivity contribution in [2.24, 2.45) is 28.9 Å². The van der Waals surface area contributed by atoms with E-state index in [0.717, 1.165) is 12.8 Å². The Hall–Kier alpha value is -3.90. The van der Waals surface area contributed by atoms with Crippen LogP contribution in [-0.2, 0) is 35.3 Å². The van der Waals surface area contributed by atoms with Gasteiger partial charge >= 0.3 is 12.0 Å². The quantitative estimate of drug-likeness (QED) is 0.193. The molecule has 5 atom stereocenters. The van der Waals surface area contributed by atoms with Crippen LogP contribution in [0.2, 0.25) is 0 Å². The van der Waals surface area contributed by atoms with E-state index < -0.39 is 65.1 Å². The summed E-state index contributed by atoms with van der Waals surface area (Å²) in [6.45, 7) is 10.9. The van der Waals surface area contributed by atoms with E-state index in [1.165, 1.54) is 11.2 Å². The largest absolute Gasteiger partial charge is 0.466 e. The molecule has 2 heterocycles. The van der Waals surface area contributed by atoms with E-state index in [0.29, 0.717) is 18.6 Å². The lowest BCUT2D eigenvalue weighted by molar-refractivity contribution is -0.149. The molecule has 2 fully saturated rings. The third-order valence-electron chi connectivity index (χ3n) is 7.77. The number of urea groups is 1. The fraction of sp³-hybridized carbons (Fsp3) is 0.667. The second-order valence-corrected chi connectivity index (χ2v) is 13.1. The Balaban J connectivity index is 1.71. The first kappa shape index (κ1) is 33.6. The van der Waals surface area contributed by atoms with Gasteiger partial charge in [0.2, 0.25) is 17.6 Å². The summed E-state index contributed by atoms with van der Waals surface area (Å²) in [5.41, 5.74) is 4.45. The molecule has 13 nitrogen and oxygen atoms in total. The number of carbonyl (C=O) groups excluding carboxylic acids is 6. The number of primary amides is 1. The maximum absolute atomic E-state index is 14.0. The number of ether oxygens (including phenoxy) is 1. The molecule has 1 saturated heterocycles. The molecule has 1 aromatic rings. The lowest BCUT2D eigenvalue weighted by atomic mass is 9.85. The van der Waals surface area contributed by atoms with Gasteiger partial charge in [0.1, 0.15) is 30.5 Å². The number of likely N-dealkylation sites (tertiary alicyclic amines) is 1. The summed E-state index contributed by atoms with van der Waals surface area (Å²) in [5.74, 6) is -3.33. The van der Waals surface area contributed by atoms with Gasteiger partial charge in [-0.1, -0.05) is 54.4 Å². The molecular weight excluding hydrogens is 558 g/mol. The zero-order valence-electron chi connectivity index (χ0n) is 25.8. The van der Waals surface area contributed by atoms with Crippen LogP contribution in [0, 0.1) is 23.2 Å². The number of hydrogen-bond donors (Lipinski definition) is 4. The second-order valence-electron chi connectivity index (χ2n) is 13.1. The summed E-state index contributed by atoms with van der Waals surface area (Å²) < 4.78 is 10.5. The highest BCUT2D eigenvalue weighted by Gasteiger charge is 2.45. The smallest absolute Gasteiger partial charge is 0.329 e. The van der Waals surface area contributed by atoms with Gasteiger partial charge in [-0.15, -0.1) is 0 Å². The zero-order valence-corrected chi connectivity index (χ0v) is 25.8. The van der Waals surface area contributed by atoms with Crippen molar-refractivity contribution in [3.8, 4) is 0 Å². The molecule has 5 N–H and O–H groups in total. The van der Waals surface area contributed by atoms with Crippen LogP contribution in [0.1, 0.15) is 73.0 Å². The normalized spacial score (nSPS) is 20.6. The first-order valence-corrected chi connectivity index (χ1v) is 14.8. The van der Waals surface area contributed by atoms with Crippen LogP contribution in [0.25, 0.3) is 0 Å². The Morgan fingerprint density at radius 1 is 1.09 bits per heavy atom. The van der Waals surface area contributed by atoms with Crippen molar-refractivity contribution >= 4 is 35.5 Å². The fourth-order valence-corrected chi connectivity index (χ4v) is 5.15. The van der Waals surface area contributed by atoms with E-state index in [1.54, 1.807) is 46.8 Å². The monoisotopic (exact) mass is 603 g/mol. The number of ketones is 1. The van der Waals surface area contributed by atoms with Crippen molar-refractivity contribution in [1.29, 1.82) is 0 Å². The lowest BCUT2D eigenvalue weighted by Crippen LogP contribution is -2.61. The molecule has 1 aliphatic carbocycles. The summed E-state index contributed by atoms with van der Waals surface area (Å²) in [6, 6.07) is -1.43. The van der Waals surface area contributed by atoms with E-state index in [-0.39, 0.29) is 30.9 Å². The van der Waals surface area contributed by atoms with Gasteiger partial charge in [0.15, 0.2) is 0 Å². The number of nitrogens with zero attached hydrogens (tertiary/aromatic N) is 1. The Kier molecular flexibility index (Phi) is 11.0. The van der Waals surface area contributed by atoms with Crippen LogP contribution in [-0.4, -0.2) is 71.1 Å². The van der Waals surface area contributed by atoms with Gasteiger partial charge in [-0.2, -0.15) is 0 Å². The van der Waals surface area contributed by atoms with E-state index >= 15 is 0 Å². The average Bonchev–Trinajstić information content (AvgIpc) is 3.40. The summed E-state index contributed by atoms with van der Waals surface area (Å²) in [4.78, 5) is 78.7. The Labute approximate surface area is 252 Å². The highest BCUT2D eigenvalue weighted by Crippen LogP contribution is 2.34. The highest BCUT2D eigenvalue weighted by atomic mass is 16.5. The van der Waals surface area contributed by atoms with Crippen molar-refractivity contribution in [3.63, 3.8) is 0 Å². The number of Topliss-reactive ketones (excluding diaryl/α,β-unsaturated/α-hetero) is 1. The number of furan rings is 1.